The molecule has 0 bridgehead atoms. The van der Waals surface area contributed by atoms with E-state index in [1.807, 2.05) is 24.3 Å². The Morgan fingerprint density at radius 3 is 2.15 bits per heavy atom. The Hall–Kier alpha value is -0.353. The standard InChI is InChI=1S/C9H13ClO2Si/c1-11-13(12-2)7-8-3-5-9(10)6-4-8/h3-6,13H,7H2,1-2H3. The van der Waals surface area contributed by atoms with Crippen LogP contribution in [0.4, 0.5) is 0 Å². The van der Waals surface area contributed by atoms with E-state index in [-0.39, 0.29) is 0 Å². The highest BCUT2D eigenvalue weighted by atomic mass is 35.5. The Bertz CT molecular complexity index is 246. The molecule has 0 radical (unpaired) electrons. The Kier molecular flexibility index (Phi) is 4.45. The first-order valence-electron chi connectivity index (χ1n) is 4.06. The molecule has 0 amide bonds. The maximum absolute atomic E-state index is 5.76. The zero-order valence-electron chi connectivity index (χ0n) is 7.79. The van der Waals surface area contributed by atoms with Gasteiger partial charge in [0.1, 0.15) is 0 Å². The summed E-state index contributed by atoms with van der Waals surface area (Å²) in [4.78, 5) is 0. The molecule has 0 spiro atoms. The van der Waals surface area contributed by atoms with Crippen molar-refractivity contribution in [3.8, 4) is 0 Å². The molecule has 0 aliphatic rings. The van der Waals surface area contributed by atoms with E-state index in [1.54, 1.807) is 14.2 Å². The lowest BCUT2D eigenvalue weighted by molar-refractivity contribution is 0.277. The fourth-order valence-corrected chi connectivity index (χ4v) is 2.38. The molecule has 0 aromatic heterocycles. The first kappa shape index (κ1) is 10.7. The van der Waals surface area contributed by atoms with Crippen molar-refractivity contribution in [1.82, 2.24) is 0 Å². The number of halogens is 1. The summed E-state index contributed by atoms with van der Waals surface area (Å²) in [5, 5.41) is 0.761. The third kappa shape index (κ3) is 3.48. The van der Waals surface area contributed by atoms with Crippen molar-refractivity contribution in [1.29, 1.82) is 0 Å². The fourth-order valence-electron chi connectivity index (χ4n) is 1.08. The van der Waals surface area contributed by atoms with Crippen molar-refractivity contribution >= 4 is 20.9 Å². The Labute approximate surface area is 85.3 Å². The van der Waals surface area contributed by atoms with Gasteiger partial charge in [-0.15, -0.1) is 0 Å². The van der Waals surface area contributed by atoms with E-state index in [9.17, 15) is 0 Å². The van der Waals surface area contributed by atoms with E-state index in [0.29, 0.717) is 0 Å². The highest BCUT2D eigenvalue weighted by Gasteiger charge is 2.09. The lowest BCUT2D eigenvalue weighted by atomic mass is 10.2. The molecule has 0 saturated heterocycles. The van der Waals surface area contributed by atoms with Gasteiger partial charge in [0.25, 0.3) is 0 Å². The Morgan fingerprint density at radius 2 is 1.69 bits per heavy atom. The largest absolute Gasteiger partial charge is 0.400 e. The molecule has 0 aliphatic carbocycles. The van der Waals surface area contributed by atoms with Crippen LogP contribution in [0.5, 0.6) is 0 Å². The van der Waals surface area contributed by atoms with Crippen LogP contribution in [-0.4, -0.2) is 23.5 Å². The molecule has 0 fully saturated rings. The molecule has 0 unspecified atom stereocenters. The van der Waals surface area contributed by atoms with E-state index in [0.717, 1.165) is 11.1 Å². The van der Waals surface area contributed by atoms with Crippen molar-refractivity contribution in [2.24, 2.45) is 0 Å². The highest BCUT2D eigenvalue weighted by Crippen LogP contribution is 2.10. The third-order valence-corrected chi connectivity index (χ3v) is 3.95. The van der Waals surface area contributed by atoms with Crippen LogP contribution in [0.2, 0.25) is 5.02 Å². The van der Waals surface area contributed by atoms with Gasteiger partial charge in [0.15, 0.2) is 0 Å². The summed E-state index contributed by atoms with van der Waals surface area (Å²) < 4.78 is 10.4. The monoisotopic (exact) mass is 216 g/mol. The summed E-state index contributed by atoms with van der Waals surface area (Å²) in [5.41, 5.74) is 1.21. The van der Waals surface area contributed by atoms with E-state index in [4.69, 9.17) is 20.5 Å². The average molecular weight is 217 g/mol. The molecule has 0 saturated carbocycles. The minimum atomic E-state index is -1.48. The Morgan fingerprint density at radius 1 is 1.15 bits per heavy atom. The molecule has 1 aromatic carbocycles. The summed E-state index contributed by atoms with van der Waals surface area (Å²) >= 11 is 5.76. The number of benzene rings is 1. The van der Waals surface area contributed by atoms with E-state index < -0.39 is 9.28 Å². The van der Waals surface area contributed by atoms with Crippen LogP contribution in [0.1, 0.15) is 5.56 Å². The van der Waals surface area contributed by atoms with Crippen LogP contribution >= 0.6 is 11.6 Å². The van der Waals surface area contributed by atoms with Gasteiger partial charge in [-0.2, -0.15) is 0 Å². The molecule has 0 heterocycles. The van der Waals surface area contributed by atoms with Gasteiger partial charge in [-0.25, -0.2) is 0 Å². The van der Waals surface area contributed by atoms with Crippen molar-refractivity contribution in [3.05, 3.63) is 34.9 Å². The molecule has 1 rings (SSSR count). The van der Waals surface area contributed by atoms with Gasteiger partial charge in [-0.05, 0) is 17.7 Å². The topological polar surface area (TPSA) is 18.5 Å². The molecule has 0 aliphatic heterocycles. The summed E-state index contributed by atoms with van der Waals surface area (Å²) in [6, 6.07) is 8.65. The lowest BCUT2D eigenvalue weighted by Gasteiger charge is -2.10. The quantitative estimate of drug-likeness (QED) is 0.717. The van der Waals surface area contributed by atoms with E-state index >= 15 is 0 Å². The molecule has 4 heteroatoms. The number of hydrogen-bond donors (Lipinski definition) is 0. The molecular weight excluding hydrogens is 204 g/mol. The summed E-state index contributed by atoms with van der Waals surface area (Å²) in [7, 11) is 1.90. The van der Waals surface area contributed by atoms with Crippen LogP contribution in [0.15, 0.2) is 24.3 Å². The maximum atomic E-state index is 5.76. The fraction of sp³-hybridized carbons (Fsp3) is 0.333. The van der Waals surface area contributed by atoms with Crippen molar-refractivity contribution in [2.75, 3.05) is 14.2 Å². The third-order valence-electron chi connectivity index (χ3n) is 1.84. The van der Waals surface area contributed by atoms with Gasteiger partial charge >= 0.3 is 9.28 Å². The van der Waals surface area contributed by atoms with Crippen LogP contribution in [0.25, 0.3) is 0 Å². The van der Waals surface area contributed by atoms with Crippen molar-refractivity contribution in [3.63, 3.8) is 0 Å². The maximum Gasteiger partial charge on any atom is 0.325 e. The lowest BCUT2D eigenvalue weighted by Crippen LogP contribution is -2.22. The molecule has 1 aromatic rings. The normalized spacial score (nSPS) is 10.8. The molecule has 0 atom stereocenters. The first-order chi connectivity index (χ1) is 6.26. The van der Waals surface area contributed by atoms with Gasteiger partial charge < -0.3 is 8.85 Å². The SMILES string of the molecule is CO[SiH](Cc1ccc(Cl)cc1)OC. The second-order valence-corrected chi connectivity index (χ2v) is 5.38. The second-order valence-electron chi connectivity index (χ2n) is 2.73. The van der Waals surface area contributed by atoms with E-state index in [1.165, 1.54) is 5.56 Å². The molecular formula is C9H13ClO2Si. The van der Waals surface area contributed by atoms with Gasteiger partial charge in [0.2, 0.25) is 0 Å². The van der Waals surface area contributed by atoms with Gasteiger partial charge in [-0.3, -0.25) is 0 Å². The zero-order chi connectivity index (χ0) is 9.68. The zero-order valence-corrected chi connectivity index (χ0v) is 9.70. The summed E-state index contributed by atoms with van der Waals surface area (Å²) in [6.45, 7) is 0. The van der Waals surface area contributed by atoms with Crippen molar-refractivity contribution < 1.29 is 8.85 Å². The number of hydrogen-bond acceptors (Lipinski definition) is 2. The molecule has 72 valence electrons. The van der Waals surface area contributed by atoms with Gasteiger partial charge in [0, 0.05) is 25.3 Å². The van der Waals surface area contributed by atoms with E-state index in [2.05, 4.69) is 0 Å². The van der Waals surface area contributed by atoms with Crippen LogP contribution in [-0.2, 0) is 14.9 Å². The van der Waals surface area contributed by atoms with Crippen LogP contribution in [0, 0.1) is 0 Å². The number of rotatable bonds is 4. The summed E-state index contributed by atoms with van der Waals surface area (Å²) in [6.07, 6.45) is 0. The predicted molar refractivity (Wildman–Crippen MR) is 56.3 cm³/mol. The van der Waals surface area contributed by atoms with Gasteiger partial charge in [-0.1, -0.05) is 23.7 Å². The minimum Gasteiger partial charge on any atom is -0.400 e. The Balaban J connectivity index is 2.58. The highest BCUT2D eigenvalue weighted by molar-refractivity contribution is 6.43. The molecule has 0 N–H and O–H groups in total. The molecule has 13 heavy (non-hydrogen) atoms. The van der Waals surface area contributed by atoms with Crippen molar-refractivity contribution in [2.45, 2.75) is 6.04 Å². The van der Waals surface area contributed by atoms with Crippen LogP contribution in [0.3, 0.4) is 0 Å². The van der Waals surface area contributed by atoms with Crippen LogP contribution < -0.4 is 0 Å². The minimum absolute atomic E-state index is 0.761. The first-order valence-corrected chi connectivity index (χ1v) is 6.20. The summed E-state index contributed by atoms with van der Waals surface area (Å²) in [5.74, 6) is 0. The smallest absolute Gasteiger partial charge is 0.325 e. The van der Waals surface area contributed by atoms with Gasteiger partial charge in [0.05, 0.1) is 0 Å². The predicted octanol–water partition coefficient (Wildman–Crippen LogP) is 1.93. The molecule has 2 nitrogen and oxygen atoms in total. The average Bonchev–Trinajstić information content (AvgIpc) is 2.17. The second kappa shape index (κ2) is 5.39.